The van der Waals surface area contributed by atoms with Crippen molar-refractivity contribution in [2.24, 2.45) is 7.05 Å². The van der Waals surface area contributed by atoms with Gasteiger partial charge >= 0.3 is 0 Å². The Morgan fingerprint density at radius 3 is 2.80 bits per heavy atom. The van der Waals surface area contributed by atoms with E-state index >= 15 is 0 Å². The highest BCUT2D eigenvalue weighted by Gasteiger charge is 2.14. The van der Waals surface area contributed by atoms with E-state index in [-0.39, 0.29) is 5.78 Å². The van der Waals surface area contributed by atoms with Crippen molar-refractivity contribution in [2.75, 3.05) is 0 Å². The van der Waals surface area contributed by atoms with Gasteiger partial charge in [0, 0.05) is 29.9 Å². The second-order valence-corrected chi connectivity index (χ2v) is 4.88. The lowest BCUT2D eigenvalue weighted by atomic mass is 10.0. The zero-order valence-corrected chi connectivity index (χ0v) is 11.5. The number of aryl methyl sites for hydroxylation is 2. The number of hydrogen-bond acceptors (Lipinski definition) is 3. The van der Waals surface area contributed by atoms with E-state index in [4.69, 9.17) is 0 Å². The van der Waals surface area contributed by atoms with Crippen molar-refractivity contribution in [3.63, 3.8) is 0 Å². The molecule has 0 aliphatic heterocycles. The summed E-state index contributed by atoms with van der Waals surface area (Å²) in [7, 11) is 1.86. The Morgan fingerprint density at radius 1 is 1.25 bits per heavy atom. The van der Waals surface area contributed by atoms with Crippen LogP contribution in [0.4, 0.5) is 0 Å². The van der Waals surface area contributed by atoms with E-state index < -0.39 is 0 Å². The Morgan fingerprint density at radius 2 is 2.05 bits per heavy atom. The molecular formula is C16H15N3O. The van der Waals surface area contributed by atoms with Gasteiger partial charge in [-0.2, -0.15) is 5.10 Å². The summed E-state index contributed by atoms with van der Waals surface area (Å²) >= 11 is 0. The first-order valence-corrected chi connectivity index (χ1v) is 6.51. The van der Waals surface area contributed by atoms with E-state index in [1.165, 1.54) is 0 Å². The first-order valence-electron chi connectivity index (χ1n) is 6.51. The molecule has 0 saturated carbocycles. The van der Waals surface area contributed by atoms with Crippen molar-refractivity contribution in [3.05, 3.63) is 59.5 Å². The van der Waals surface area contributed by atoms with Crippen LogP contribution in [-0.4, -0.2) is 20.5 Å². The largest absolute Gasteiger partial charge is 0.294 e. The molecule has 1 aromatic carbocycles. The van der Waals surface area contributed by atoms with Gasteiger partial charge in [-0.05, 0) is 25.1 Å². The zero-order valence-electron chi connectivity index (χ0n) is 11.5. The molecule has 0 fully saturated rings. The fraction of sp³-hybridized carbons (Fsp3) is 0.188. The number of nitrogens with zero attached hydrogens (tertiary/aromatic N) is 3. The summed E-state index contributed by atoms with van der Waals surface area (Å²) in [6.45, 7) is 1.92. The summed E-state index contributed by atoms with van der Waals surface area (Å²) in [6.07, 6.45) is 2.06. The van der Waals surface area contributed by atoms with Gasteiger partial charge in [-0.25, -0.2) is 0 Å². The van der Waals surface area contributed by atoms with Crippen molar-refractivity contribution in [2.45, 2.75) is 13.3 Å². The van der Waals surface area contributed by atoms with E-state index in [2.05, 4.69) is 10.1 Å². The fourth-order valence-corrected chi connectivity index (χ4v) is 2.42. The van der Waals surface area contributed by atoms with Gasteiger partial charge in [-0.15, -0.1) is 0 Å². The number of rotatable bonds is 3. The highest BCUT2D eigenvalue weighted by Crippen LogP contribution is 2.18. The molecule has 0 N–H and O–H groups in total. The van der Waals surface area contributed by atoms with Crippen LogP contribution in [0.25, 0.3) is 10.9 Å². The molecule has 0 amide bonds. The Balaban J connectivity index is 1.99. The molecule has 0 aliphatic rings. The number of Topliss-reactive ketones (excluding diaryl/α,β-unsaturated/α-hetero) is 1. The van der Waals surface area contributed by atoms with Crippen LogP contribution in [0, 0.1) is 6.92 Å². The van der Waals surface area contributed by atoms with E-state index in [1.807, 2.05) is 50.4 Å². The van der Waals surface area contributed by atoms with Gasteiger partial charge in [0.1, 0.15) is 0 Å². The summed E-state index contributed by atoms with van der Waals surface area (Å²) < 4.78 is 1.76. The van der Waals surface area contributed by atoms with E-state index in [9.17, 15) is 4.79 Å². The number of hydrogen-bond donors (Lipinski definition) is 0. The quantitative estimate of drug-likeness (QED) is 0.684. The lowest BCUT2D eigenvalue weighted by Crippen LogP contribution is -2.08. The standard InChI is InChI=1S/C16H15N3O/c1-11-9-13(19(2)18-11)10-15(20)14-7-3-5-12-6-4-8-17-16(12)14/h3-9H,10H2,1-2H3. The van der Waals surface area contributed by atoms with Crippen molar-refractivity contribution in [1.29, 1.82) is 0 Å². The lowest BCUT2D eigenvalue weighted by molar-refractivity contribution is 0.0992. The summed E-state index contributed by atoms with van der Waals surface area (Å²) in [4.78, 5) is 16.8. The van der Waals surface area contributed by atoms with E-state index in [0.29, 0.717) is 12.0 Å². The van der Waals surface area contributed by atoms with Crippen molar-refractivity contribution < 1.29 is 4.79 Å². The molecule has 20 heavy (non-hydrogen) atoms. The third kappa shape index (κ3) is 2.20. The van der Waals surface area contributed by atoms with E-state index in [1.54, 1.807) is 10.9 Å². The molecule has 0 bridgehead atoms. The van der Waals surface area contributed by atoms with Gasteiger partial charge in [0.15, 0.2) is 5.78 Å². The van der Waals surface area contributed by atoms with Crippen LogP contribution in [0.15, 0.2) is 42.6 Å². The van der Waals surface area contributed by atoms with Gasteiger partial charge in [0.25, 0.3) is 0 Å². The molecule has 0 saturated heterocycles. The third-order valence-corrected chi connectivity index (χ3v) is 3.37. The average Bonchev–Trinajstić information content (AvgIpc) is 2.76. The average molecular weight is 265 g/mol. The number of aromatic nitrogens is 3. The molecule has 3 rings (SSSR count). The maximum atomic E-state index is 12.5. The summed E-state index contributed by atoms with van der Waals surface area (Å²) in [5.74, 6) is 0.0669. The molecule has 100 valence electrons. The SMILES string of the molecule is Cc1cc(CC(=O)c2cccc3cccnc23)n(C)n1. The van der Waals surface area contributed by atoms with Crippen LogP contribution in [-0.2, 0) is 13.5 Å². The van der Waals surface area contributed by atoms with Crippen LogP contribution in [0.5, 0.6) is 0 Å². The number of pyridine rings is 1. The van der Waals surface area contributed by atoms with E-state index in [0.717, 1.165) is 22.3 Å². The second-order valence-electron chi connectivity index (χ2n) is 4.88. The lowest BCUT2D eigenvalue weighted by Gasteiger charge is -2.05. The highest BCUT2D eigenvalue weighted by molar-refractivity contribution is 6.07. The predicted octanol–water partition coefficient (Wildman–Crippen LogP) is 2.70. The number of carbonyl (C=O) groups is 1. The topological polar surface area (TPSA) is 47.8 Å². The minimum absolute atomic E-state index is 0.0669. The number of para-hydroxylation sites is 1. The van der Waals surface area contributed by atoms with Gasteiger partial charge in [0.05, 0.1) is 17.6 Å². The normalized spacial score (nSPS) is 10.9. The summed E-state index contributed by atoms with van der Waals surface area (Å²) in [5.41, 5.74) is 3.27. The Bertz CT molecular complexity index is 784. The third-order valence-electron chi connectivity index (χ3n) is 3.37. The van der Waals surface area contributed by atoms with Crippen molar-refractivity contribution in [1.82, 2.24) is 14.8 Å². The first-order chi connectivity index (χ1) is 9.65. The molecule has 4 nitrogen and oxygen atoms in total. The van der Waals surface area contributed by atoms with Crippen LogP contribution < -0.4 is 0 Å². The molecule has 0 aliphatic carbocycles. The predicted molar refractivity (Wildman–Crippen MR) is 77.7 cm³/mol. The number of carbonyl (C=O) groups excluding carboxylic acids is 1. The molecule has 4 heteroatoms. The van der Waals surface area contributed by atoms with Crippen LogP contribution >= 0.6 is 0 Å². The molecule has 0 spiro atoms. The molecule has 0 unspecified atom stereocenters. The fourth-order valence-electron chi connectivity index (χ4n) is 2.42. The van der Waals surface area contributed by atoms with Crippen molar-refractivity contribution >= 4 is 16.7 Å². The number of fused-ring (bicyclic) bond motifs is 1. The van der Waals surface area contributed by atoms with Crippen molar-refractivity contribution in [3.8, 4) is 0 Å². The molecule has 2 heterocycles. The van der Waals surface area contributed by atoms with Gasteiger partial charge < -0.3 is 0 Å². The summed E-state index contributed by atoms with van der Waals surface area (Å²) in [5, 5.41) is 5.25. The summed E-state index contributed by atoms with van der Waals surface area (Å²) in [6, 6.07) is 11.5. The minimum atomic E-state index is 0.0669. The van der Waals surface area contributed by atoms with Crippen LogP contribution in [0.1, 0.15) is 21.7 Å². The molecule has 3 aromatic rings. The van der Waals surface area contributed by atoms with Gasteiger partial charge in [0.2, 0.25) is 0 Å². The highest BCUT2D eigenvalue weighted by atomic mass is 16.1. The van der Waals surface area contributed by atoms with Crippen LogP contribution in [0.3, 0.4) is 0 Å². The second kappa shape index (κ2) is 4.89. The maximum absolute atomic E-state index is 12.5. The smallest absolute Gasteiger partial charge is 0.170 e. The Hall–Kier alpha value is -2.49. The molecular weight excluding hydrogens is 250 g/mol. The Labute approximate surface area is 117 Å². The van der Waals surface area contributed by atoms with Gasteiger partial charge in [-0.3, -0.25) is 14.5 Å². The first kappa shape index (κ1) is 12.5. The Kier molecular flexibility index (Phi) is 3.06. The molecule has 0 atom stereocenters. The number of ketones is 1. The molecule has 0 radical (unpaired) electrons. The number of benzene rings is 1. The zero-order chi connectivity index (χ0) is 14.1. The van der Waals surface area contributed by atoms with Gasteiger partial charge in [-0.1, -0.05) is 18.2 Å². The maximum Gasteiger partial charge on any atom is 0.170 e. The minimum Gasteiger partial charge on any atom is -0.294 e. The van der Waals surface area contributed by atoms with Crippen LogP contribution in [0.2, 0.25) is 0 Å². The molecule has 2 aromatic heterocycles. The monoisotopic (exact) mass is 265 g/mol.